The van der Waals surface area contributed by atoms with Crippen LogP contribution < -0.4 is 5.32 Å². The van der Waals surface area contributed by atoms with Crippen molar-refractivity contribution in [2.75, 3.05) is 12.4 Å². The molecule has 0 fully saturated rings. The third-order valence-corrected chi connectivity index (χ3v) is 4.89. The third-order valence-electron chi connectivity index (χ3n) is 4.89. The summed E-state index contributed by atoms with van der Waals surface area (Å²) in [7, 11) is 1.32. The van der Waals surface area contributed by atoms with Crippen molar-refractivity contribution in [3.05, 3.63) is 24.3 Å². The van der Waals surface area contributed by atoms with E-state index in [1.807, 2.05) is 6.92 Å². The van der Waals surface area contributed by atoms with Gasteiger partial charge in [0.15, 0.2) is 0 Å². The predicted octanol–water partition coefficient (Wildman–Crippen LogP) is 3.87. The van der Waals surface area contributed by atoms with E-state index < -0.39 is 16.8 Å². The molecule has 0 aromatic heterocycles. The van der Waals surface area contributed by atoms with Gasteiger partial charge in [0.05, 0.1) is 18.6 Å². The van der Waals surface area contributed by atoms with E-state index in [1.165, 1.54) is 19.2 Å². The summed E-state index contributed by atoms with van der Waals surface area (Å²) in [6, 6.07) is 8.35. The van der Waals surface area contributed by atoms with Gasteiger partial charge in [0, 0.05) is 17.0 Å². The van der Waals surface area contributed by atoms with Crippen molar-refractivity contribution in [2.45, 2.75) is 47.0 Å². The number of amides is 1. The number of ether oxygens (including phenoxy) is 1. The number of aromatic hydroxyl groups is 1. The second-order valence-electron chi connectivity index (χ2n) is 7.38. The Labute approximate surface area is 155 Å². The lowest BCUT2D eigenvalue weighted by Gasteiger charge is -2.37. The van der Waals surface area contributed by atoms with Gasteiger partial charge in [0.2, 0.25) is 5.91 Å². The fraction of sp³-hybridized carbons (Fsp3) is 0.550. The van der Waals surface area contributed by atoms with Crippen LogP contribution in [0.25, 0.3) is 0 Å². The maximum absolute atomic E-state index is 12.9. The molecule has 1 rings (SSSR count). The van der Waals surface area contributed by atoms with Crippen LogP contribution in [0.4, 0.5) is 5.69 Å². The lowest BCUT2D eigenvalue weighted by Crippen LogP contribution is -2.42. The number of phenols is 1. The summed E-state index contributed by atoms with van der Waals surface area (Å²) in [4.78, 5) is 25.3. The Morgan fingerprint density at radius 2 is 1.85 bits per heavy atom. The zero-order chi connectivity index (χ0) is 20.0. The number of nitriles is 1. The summed E-state index contributed by atoms with van der Waals surface area (Å²) in [6.07, 6.45) is 1.10. The van der Waals surface area contributed by atoms with Crippen LogP contribution in [0.1, 0.15) is 47.0 Å². The van der Waals surface area contributed by atoms with E-state index in [-0.39, 0.29) is 24.0 Å². The predicted molar refractivity (Wildman–Crippen MR) is 99.3 cm³/mol. The van der Waals surface area contributed by atoms with E-state index in [9.17, 15) is 14.7 Å². The summed E-state index contributed by atoms with van der Waals surface area (Å²) in [5, 5.41) is 21.3. The number of benzene rings is 1. The molecular formula is C20H28N2O4. The van der Waals surface area contributed by atoms with E-state index in [4.69, 9.17) is 10.00 Å². The molecule has 0 aliphatic rings. The number of esters is 1. The minimum Gasteiger partial charge on any atom is -0.508 e. The first kappa shape index (κ1) is 21.5. The van der Waals surface area contributed by atoms with Gasteiger partial charge in [0.25, 0.3) is 0 Å². The van der Waals surface area contributed by atoms with Crippen molar-refractivity contribution in [2.24, 2.45) is 16.7 Å². The largest absolute Gasteiger partial charge is 0.508 e. The molecule has 3 unspecified atom stereocenters. The highest BCUT2D eigenvalue weighted by Crippen LogP contribution is 2.42. The number of anilines is 1. The van der Waals surface area contributed by atoms with Crippen molar-refractivity contribution in [1.82, 2.24) is 0 Å². The van der Waals surface area contributed by atoms with E-state index in [0.717, 1.165) is 0 Å². The van der Waals surface area contributed by atoms with E-state index in [1.54, 1.807) is 32.9 Å². The number of carbonyl (C=O) groups is 2. The normalized spacial score (nSPS) is 16.5. The number of carbonyl (C=O) groups excluding carboxylic acids is 2. The van der Waals surface area contributed by atoms with Crippen LogP contribution in [0.2, 0.25) is 0 Å². The van der Waals surface area contributed by atoms with Crippen molar-refractivity contribution in [3.63, 3.8) is 0 Å². The quantitative estimate of drug-likeness (QED) is 0.541. The molecule has 0 saturated carbocycles. The summed E-state index contributed by atoms with van der Waals surface area (Å²) in [5.74, 6) is -0.854. The van der Waals surface area contributed by atoms with Crippen LogP contribution in [0.5, 0.6) is 5.75 Å². The minimum absolute atomic E-state index is 0.116. The summed E-state index contributed by atoms with van der Waals surface area (Å²) in [5.41, 5.74) is -1.20. The molecule has 6 nitrogen and oxygen atoms in total. The summed E-state index contributed by atoms with van der Waals surface area (Å²) in [6.45, 7) is 7.19. The molecular weight excluding hydrogens is 332 g/mol. The number of phenolic OH excluding ortho intramolecular Hbond substituents is 1. The number of nitrogens with one attached hydrogen (secondary N) is 1. The molecule has 6 heteroatoms. The molecule has 1 aromatic carbocycles. The molecule has 1 aromatic rings. The Morgan fingerprint density at radius 1 is 1.27 bits per heavy atom. The average Bonchev–Trinajstić information content (AvgIpc) is 2.62. The molecule has 0 aliphatic carbocycles. The SMILES string of the molecule is CCC(C)(CC(C)(CC(C)C#N)C(=O)OC)C(=O)Nc1ccc(O)cc1. The first-order valence-electron chi connectivity index (χ1n) is 8.68. The van der Waals surface area contributed by atoms with Crippen LogP contribution in [0.15, 0.2) is 24.3 Å². The molecule has 26 heavy (non-hydrogen) atoms. The summed E-state index contributed by atoms with van der Waals surface area (Å²) >= 11 is 0. The van der Waals surface area contributed by atoms with Crippen LogP contribution >= 0.6 is 0 Å². The molecule has 0 spiro atoms. The molecule has 0 bridgehead atoms. The van der Waals surface area contributed by atoms with E-state index in [2.05, 4.69) is 11.4 Å². The molecule has 0 radical (unpaired) electrons. The number of rotatable bonds is 8. The molecule has 2 N–H and O–H groups in total. The average molecular weight is 360 g/mol. The van der Waals surface area contributed by atoms with Crippen molar-refractivity contribution < 1.29 is 19.4 Å². The highest BCUT2D eigenvalue weighted by atomic mass is 16.5. The fourth-order valence-corrected chi connectivity index (χ4v) is 3.25. The number of hydrogen-bond donors (Lipinski definition) is 2. The smallest absolute Gasteiger partial charge is 0.311 e. The topological polar surface area (TPSA) is 99.4 Å². The number of methoxy groups -OCH3 is 1. The summed E-state index contributed by atoms with van der Waals surface area (Å²) < 4.78 is 4.95. The van der Waals surface area contributed by atoms with Gasteiger partial charge < -0.3 is 15.2 Å². The Morgan fingerprint density at radius 3 is 2.31 bits per heavy atom. The maximum Gasteiger partial charge on any atom is 0.311 e. The molecule has 1 amide bonds. The minimum atomic E-state index is -0.943. The van der Waals surface area contributed by atoms with Crippen molar-refractivity contribution in [1.29, 1.82) is 5.26 Å². The number of nitrogens with zero attached hydrogens (tertiary/aromatic N) is 1. The molecule has 3 atom stereocenters. The Balaban J connectivity index is 3.07. The van der Waals surface area contributed by atoms with Gasteiger partial charge in [-0.15, -0.1) is 0 Å². The van der Waals surface area contributed by atoms with Gasteiger partial charge in [0.1, 0.15) is 5.75 Å². The van der Waals surface area contributed by atoms with Crippen LogP contribution in [-0.4, -0.2) is 24.1 Å². The van der Waals surface area contributed by atoms with Gasteiger partial charge in [-0.1, -0.05) is 13.8 Å². The molecule has 0 aliphatic heterocycles. The monoisotopic (exact) mass is 360 g/mol. The van der Waals surface area contributed by atoms with E-state index in [0.29, 0.717) is 18.5 Å². The first-order valence-corrected chi connectivity index (χ1v) is 8.68. The molecule has 142 valence electrons. The second kappa shape index (κ2) is 8.70. The third kappa shape index (κ3) is 5.22. The Kier molecular flexibility index (Phi) is 7.19. The second-order valence-corrected chi connectivity index (χ2v) is 7.38. The van der Waals surface area contributed by atoms with Gasteiger partial charge in [-0.2, -0.15) is 5.26 Å². The van der Waals surface area contributed by atoms with Crippen LogP contribution in [-0.2, 0) is 14.3 Å². The highest BCUT2D eigenvalue weighted by molar-refractivity contribution is 5.95. The number of hydrogen-bond acceptors (Lipinski definition) is 5. The van der Waals surface area contributed by atoms with Gasteiger partial charge >= 0.3 is 5.97 Å². The lowest BCUT2D eigenvalue weighted by molar-refractivity contribution is -0.155. The highest BCUT2D eigenvalue weighted by Gasteiger charge is 2.45. The van der Waals surface area contributed by atoms with Gasteiger partial charge in [-0.25, -0.2) is 0 Å². The van der Waals surface area contributed by atoms with Crippen LogP contribution in [0, 0.1) is 28.1 Å². The van der Waals surface area contributed by atoms with E-state index >= 15 is 0 Å². The van der Waals surface area contributed by atoms with Gasteiger partial charge in [-0.3, -0.25) is 9.59 Å². The lowest BCUT2D eigenvalue weighted by atomic mass is 9.67. The van der Waals surface area contributed by atoms with Crippen molar-refractivity contribution in [3.8, 4) is 11.8 Å². The molecule has 0 heterocycles. The molecule has 0 saturated heterocycles. The zero-order valence-electron chi connectivity index (χ0n) is 16.1. The van der Waals surface area contributed by atoms with Crippen molar-refractivity contribution >= 4 is 17.6 Å². The Bertz CT molecular complexity index is 680. The Hall–Kier alpha value is -2.55. The fourth-order valence-electron chi connectivity index (χ4n) is 3.25. The standard InChI is InChI=1S/C20H28N2O4/c1-6-19(3,17(24)22-15-7-9-16(23)10-8-15)13-20(4,18(25)26-5)11-14(2)12-21/h7-10,14,23H,6,11,13H2,1-5H3,(H,22,24). The van der Waals surface area contributed by atoms with Crippen LogP contribution in [0.3, 0.4) is 0 Å². The maximum atomic E-state index is 12.9. The first-order chi connectivity index (χ1) is 12.1. The van der Waals surface area contributed by atoms with Gasteiger partial charge in [-0.05, 0) is 57.4 Å². The zero-order valence-corrected chi connectivity index (χ0v) is 16.1.